The van der Waals surface area contributed by atoms with Crippen molar-refractivity contribution < 1.29 is 23.1 Å². The first kappa shape index (κ1) is 11.3. The molecule has 1 aromatic heterocycles. The Kier molecular flexibility index (Phi) is 2.83. The summed E-state index contributed by atoms with van der Waals surface area (Å²) in [7, 11) is 0. The summed E-state index contributed by atoms with van der Waals surface area (Å²) >= 11 is 0. The lowest BCUT2D eigenvalue weighted by Gasteiger charge is -2.12. The average Bonchev–Trinajstić information content (AvgIpc) is 2.05. The van der Waals surface area contributed by atoms with Gasteiger partial charge in [0.1, 0.15) is 5.82 Å². The van der Waals surface area contributed by atoms with Gasteiger partial charge in [-0.2, -0.15) is 13.2 Å². The van der Waals surface area contributed by atoms with E-state index in [1.54, 1.807) is 0 Å². The Morgan fingerprint density at radius 3 is 2.60 bits per heavy atom. The molecule has 4 nitrogen and oxygen atoms in total. The lowest BCUT2D eigenvalue weighted by Crippen LogP contribution is -2.15. The van der Waals surface area contributed by atoms with Gasteiger partial charge in [0, 0.05) is 11.8 Å². The van der Waals surface area contributed by atoms with Crippen LogP contribution in [0.5, 0.6) is 0 Å². The third kappa shape index (κ3) is 2.58. The summed E-state index contributed by atoms with van der Waals surface area (Å²) in [6.07, 6.45) is -4.53. The summed E-state index contributed by atoms with van der Waals surface area (Å²) in [6.45, 7) is 0. The molecule has 0 aromatic carbocycles. The van der Waals surface area contributed by atoms with E-state index in [4.69, 9.17) is 10.8 Å². The van der Waals surface area contributed by atoms with Gasteiger partial charge in [-0.05, 0) is 6.07 Å². The van der Waals surface area contributed by atoms with E-state index in [0.717, 1.165) is 6.20 Å². The van der Waals surface area contributed by atoms with Crippen LogP contribution in [0.15, 0.2) is 12.3 Å². The van der Waals surface area contributed by atoms with Crippen LogP contribution >= 0.6 is 0 Å². The number of pyridine rings is 1. The number of hydrogen-bond donors (Lipinski definition) is 2. The monoisotopic (exact) mass is 220 g/mol. The predicted octanol–water partition coefficient (Wildman–Crippen LogP) is 1.31. The first-order chi connectivity index (χ1) is 6.82. The highest BCUT2D eigenvalue weighted by molar-refractivity contribution is 5.73. The number of anilines is 1. The van der Waals surface area contributed by atoms with Gasteiger partial charge in [0.2, 0.25) is 0 Å². The maximum atomic E-state index is 12.4. The summed E-state index contributed by atoms with van der Waals surface area (Å²) in [4.78, 5) is 13.8. The molecule has 0 aliphatic rings. The summed E-state index contributed by atoms with van der Waals surface area (Å²) in [5.41, 5.74) is 3.63. The van der Waals surface area contributed by atoms with Crippen molar-refractivity contribution in [3.05, 3.63) is 23.4 Å². The number of carboxylic acids is 1. The minimum atomic E-state index is -4.62. The molecule has 0 aliphatic heterocycles. The fourth-order valence-corrected chi connectivity index (χ4v) is 1.11. The number of rotatable bonds is 2. The Labute approximate surface area is 82.5 Å². The summed E-state index contributed by atoms with van der Waals surface area (Å²) in [5, 5.41) is 8.43. The second-order valence-corrected chi connectivity index (χ2v) is 2.79. The second-order valence-electron chi connectivity index (χ2n) is 2.79. The number of carbonyl (C=O) groups is 1. The van der Waals surface area contributed by atoms with Crippen molar-refractivity contribution >= 4 is 11.8 Å². The number of aliphatic carboxylic acids is 1. The van der Waals surface area contributed by atoms with Crippen LogP contribution in [0.3, 0.4) is 0 Å². The lowest BCUT2D eigenvalue weighted by atomic mass is 10.1. The normalized spacial score (nSPS) is 11.4. The predicted molar refractivity (Wildman–Crippen MR) is 45.0 cm³/mol. The molecular weight excluding hydrogens is 213 g/mol. The van der Waals surface area contributed by atoms with Gasteiger partial charge < -0.3 is 10.8 Å². The lowest BCUT2D eigenvalue weighted by molar-refractivity contribution is -0.139. The zero-order chi connectivity index (χ0) is 11.6. The molecule has 7 heteroatoms. The molecule has 1 aromatic rings. The fourth-order valence-electron chi connectivity index (χ4n) is 1.11. The van der Waals surface area contributed by atoms with Crippen molar-refractivity contribution in [3.63, 3.8) is 0 Å². The van der Waals surface area contributed by atoms with Crippen LogP contribution < -0.4 is 5.73 Å². The maximum Gasteiger partial charge on any atom is 0.416 e. The molecule has 0 saturated carbocycles. The Balaban J connectivity index is 3.26. The molecule has 82 valence electrons. The van der Waals surface area contributed by atoms with Gasteiger partial charge in [0.25, 0.3) is 0 Å². The van der Waals surface area contributed by atoms with E-state index in [-0.39, 0.29) is 0 Å². The van der Waals surface area contributed by atoms with Crippen molar-refractivity contribution in [2.75, 3.05) is 5.73 Å². The quantitative estimate of drug-likeness (QED) is 0.787. The second kappa shape index (κ2) is 3.76. The fraction of sp³-hybridized carbons (Fsp3) is 0.250. The molecule has 0 atom stereocenters. The van der Waals surface area contributed by atoms with Gasteiger partial charge in [-0.3, -0.25) is 4.79 Å². The number of nitrogens with two attached hydrogens (primary N) is 1. The summed E-state index contributed by atoms with van der Waals surface area (Å²) < 4.78 is 37.2. The smallest absolute Gasteiger partial charge is 0.416 e. The molecule has 0 radical (unpaired) electrons. The molecule has 1 rings (SSSR count). The molecule has 0 fully saturated rings. The number of nitrogens with zero attached hydrogens (tertiary/aromatic N) is 1. The standard InChI is InChI=1S/C8H7F3N2O2/c9-8(10,11)5-1-2-13-7(12)4(5)3-6(14)15/h1-2H,3H2,(H2,12,13)(H,14,15). The Bertz CT molecular complexity index is 390. The van der Waals surface area contributed by atoms with Crippen LogP contribution in [-0.2, 0) is 17.4 Å². The topological polar surface area (TPSA) is 76.2 Å². The Morgan fingerprint density at radius 2 is 2.13 bits per heavy atom. The highest BCUT2D eigenvalue weighted by Crippen LogP contribution is 2.33. The molecule has 0 bridgehead atoms. The highest BCUT2D eigenvalue weighted by Gasteiger charge is 2.34. The van der Waals surface area contributed by atoms with Gasteiger partial charge in [0.15, 0.2) is 0 Å². The van der Waals surface area contributed by atoms with Crippen LogP contribution in [0.1, 0.15) is 11.1 Å². The van der Waals surface area contributed by atoms with Crippen molar-refractivity contribution in [1.29, 1.82) is 0 Å². The van der Waals surface area contributed by atoms with Gasteiger partial charge in [-0.25, -0.2) is 4.98 Å². The summed E-state index contributed by atoms with van der Waals surface area (Å²) in [6, 6.07) is 0.703. The van der Waals surface area contributed by atoms with E-state index in [1.165, 1.54) is 0 Å². The van der Waals surface area contributed by atoms with E-state index < -0.39 is 35.5 Å². The van der Waals surface area contributed by atoms with Crippen molar-refractivity contribution in [1.82, 2.24) is 4.98 Å². The molecule has 0 saturated heterocycles. The molecule has 3 N–H and O–H groups in total. The van der Waals surface area contributed by atoms with Crippen molar-refractivity contribution in [2.24, 2.45) is 0 Å². The number of nitrogen functional groups attached to an aromatic ring is 1. The molecule has 1 heterocycles. The Morgan fingerprint density at radius 1 is 1.53 bits per heavy atom. The van der Waals surface area contributed by atoms with Crippen LogP contribution in [0.4, 0.5) is 19.0 Å². The molecule has 0 unspecified atom stereocenters. The van der Waals surface area contributed by atoms with Crippen LogP contribution in [0.2, 0.25) is 0 Å². The number of carboxylic acid groups (broad SMARTS) is 1. The molecule has 0 aliphatic carbocycles. The number of aromatic nitrogens is 1. The minimum absolute atomic E-state index is 0.410. The largest absolute Gasteiger partial charge is 0.481 e. The van der Waals surface area contributed by atoms with Crippen LogP contribution in [-0.4, -0.2) is 16.1 Å². The number of alkyl halides is 3. The van der Waals surface area contributed by atoms with Gasteiger partial charge in [-0.1, -0.05) is 0 Å². The Hall–Kier alpha value is -1.79. The van der Waals surface area contributed by atoms with Crippen LogP contribution in [0, 0.1) is 0 Å². The van der Waals surface area contributed by atoms with E-state index in [2.05, 4.69) is 4.98 Å². The van der Waals surface area contributed by atoms with Crippen LogP contribution in [0.25, 0.3) is 0 Å². The van der Waals surface area contributed by atoms with E-state index in [1.807, 2.05) is 0 Å². The first-order valence-corrected chi connectivity index (χ1v) is 3.84. The van der Waals surface area contributed by atoms with Crippen molar-refractivity contribution in [3.8, 4) is 0 Å². The van der Waals surface area contributed by atoms with Crippen molar-refractivity contribution in [2.45, 2.75) is 12.6 Å². The molecule has 15 heavy (non-hydrogen) atoms. The maximum absolute atomic E-state index is 12.4. The van der Waals surface area contributed by atoms with Gasteiger partial charge in [-0.15, -0.1) is 0 Å². The highest BCUT2D eigenvalue weighted by atomic mass is 19.4. The van der Waals surface area contributed by atoms with E-state index in [9.17, 15) is 18.0 Å². The molecular formula is C8H7F3N2O2. The SMILES string of the molecule is Nc1nccc(C(F)(F)F)c1CC(=O)O. The van der Waals surface area contributed by atoms with Gasteiger partial charge in [0.05, 0.1) is 12.0 Å². The van der Waals surface area contributed by atoms with E-state index in [0.29, 0.717) is 6.07 Å². The average molecular weight is 220 g/mol. The summed E-state index contributed by atoms with van der Waals surface area (Å²) in [5.74, 6) is -1.80. The minimum Gasteiger partial charge on any atom is -0.481 e. The van der Waals surface area contributed by atoms with E-state index >= 15 is 0 Å². The zero-order valence-corrected chi connectivity index (χ0v) is 7.38. The number of halogens is 3. The third-order valence-corrected chi connectivity index (χ3v) is 1.72. The number of hydrogen-bond acceptors (Lipinski definition) is 3. The first-order valence-electron chi connectivity index (χ1n) is 3.84. The molecule has 0 spiro atoms. The van der Waals surface area contributed by atoms with Gasteiger partial charge >= 0.3 is 12.1 Å². The zero-order valence-electron chi connectivity index (χ0n) is 7.38. The third-order valence-electron chi connectivity index (χ3n) is 1.72. The molecule has 0 amide bonds.